The fraction of sp³-hybridized carbons (Fsp3) is 0.583. The van der Waals surface area contributed by atoms with Gasteiger partial charge in [0.05, 0.1) is 17.9 Å². The molecule has 1 fully saturated rings. The standard InChI is InChI=1S/C12H17N3O5S/c1-15(10-3-5-21(19,20)8-10)7-9(6-13)12(18)14-4-2-11(16)17/h7,10H,2-5,8H2,1H3,(H,14,18)(H,16,17)/b9-7-. The normalized spacial score (nSPS) is 20.6. The van der Waals surface area contributed by atoms with E-state index in [1.807, 2.05) is 0 Å². The van der Waals surface area contributed by atoms with Gasteiger partial charge in [-0.15, -0.1) is 0 Å². The lowest BCUT2D eigenvalue weighted by Crippen LogP contribution is -2.31. The van der Waals surface area contributed by atoms with Gasteiger partial charge in [0.1, 0.15) is 11.6 Å². The molecular weight excluding hydrogens is 298 g/mol. The molecule has 21 heavy (non-hydrogen) atoms. The number of sulfone groups is 1. The number of rotatable bonds is 6. The fourth-order valence-corrected chi connectivity index (χ4v) is 3.71. The maximum atomic E-state index is 11.7. The van der Waals surface area contributed by atoms with Gasteiger partial charge in [0.2, 0.25) is 0 Å². The number of carboxylic acid groups (broad SMARTS) is 1. The molecule has 0 aromatic rings. The van der Waals surface area contributed by atoms with Crippen molar-refractivity contribution in [1.29, 1.82) is 5.26 Å². The van der Waals surface area contributed by atoms with E-state index in [2.05, 4.69) is 5.32 Å². The van der Waals surface area contributed by atoms with Crippen LogP contribution in [0, 0.1) is 11.3 Å². The second-order valence-corrected chi connectivity index (χ2v) is 7.01. The zero-order valence-corrected chi connectivity index (χ0v) is 12.4. The third-order valence-electron chi connectivity index (χ3n) is 3.11. The lowest BCUT2D eigenvalue weighted by molar-refractivity contribution is -0.136. The number of nitriles is 1. The number of hydrogen-bond acceptors (Lipinski definition) is 6. The summed E-state index contributed by atoms with van der Waals surface area (Å²) in [5, 5.41) is 19.7. The van der Waals surface area contributed by atoms with Crippen molar-refractivity contribution >= 4 is 21.7 Å². The molecule has 0 aliphatic carbocycles. The summed E-state index contributed by atoms with van der Waals surface area (Å²) >= 11 is 0. The Hall–Kier alpha value is -2.08. The Morgan fingerprint density at radius 3 is 2.67 bits per heavy atom. The van der Waals surface area contributed by atoms with Gasteiger partial charge >= 0.3 is 5.97 Å². The highest BCUT2D eigenvalue weighted by molar-refractivity contribution is 7.91. The molecule has 1 aliphatic rings. The molecule has 1 amide bonds. The molecule has 0 saturated carbocycles. The molecule has 1 rings (SSSR count). The van der Waals surface area contributed by atoms with E-state index in [1.165, 1.54) is 6.20 Å². The number of amides is 1. The highest BCUT2D eigenvalue weighted by atomic mass is 32.2. The summed E-state index contributed by atoms with van der Waals surface area (Å²) in [4.78, 5) is 23.6. The number of aliphatic carboxylic acids is 1. The molecule has 1 unspecified atom stereocenters. The number of nitrogens with zero attached hydrogens (tertiary/aromatic N) is 2. The van der Waals surface area contributed by atoms with E-state index in [4.69, 9.17) is 10.4 Å². The number of carboxylic acids is 1. The molecular formula is C12H17N3O5S. The van der Waals surface area contributed by atoms with Gasteiger partial charge in [0.15, 0.2) is 9.84 Å². The Morgan fingerprint density at radius 1 is 1.52 bits per heavy atom. The van der Waals surface area contributed by atoms with Gasteiger partial charge in [-0.25, -0.2) is 8.42 Å². The van der Waals surface area contributed by atoms with Crippen LogP contribution in [-0.4, -0.2) is 61.4 Å². The summed E-state index contributed by atoms with van der Waals surface area (Å²) in [5.41, 5.74) is -0.188. The SMILES string of the molecule is CN(/C=C(/C#N)C(=O)NCCC(=O)O)C1CCS(=O)(=O)C1. The first-order valence-electron chi connectivity index (χ1n) is 6.29. The predicted octanol–water partition coefficient (Wildman–Crippen LogP) is -0.896. The first-order valence-corrected chi connectivity index (χ1v) is 8.11. The Kier molecular flexibility index (Phi) is 5.72. The van der Waals surface area contributed by atoms with Crippen LogP contribution in [0.5, 0.6) is 0 Å². The molecule has 1 atom stereocenters. The van der Waals surface area contributed by atoms with E-state index in [1.54, 1.807) is 18.0 Å². The maximum Gasteiger partial charge on any atom is 0.305 e. The molecule has 116 valence electrons. The molecule has 0 aromatic heterocycles. The Bertz CT molecular complexity index is 591. The smallest absolute Gasteiger partial charge is 0.305 e. The van der Waals surface area contributed by atoms with Crippen LogP contribution < -0.4 is 5.32 Å². The molecule has 9 heteroatoms. The van der Waals surface area contributed by atoms with Crippen LogP contribution in [0.3, 0.4) is 0 Å². The van der Waals surface area contributed by atoms with Gasteiger partial charge in [-0.1, -0.05) is 0 Å². The average molecular weight is 315 g/mol. The lowest BCUT2D eigenvalue weighted by atomic mass is 10.2. The number of carbonyl (C=O) groups is 2. The molecule has 0 aromatic carbocycles. The minimum atomic E-state index is -3.05. The van der Waals surface area contributed by atoms with Crippen molar-refractivity contribution in [3.05, 3.63) is 11.8 Å². The van der Waals surface area contributed by atoms with Crippen LogP contribution >= 0.6 is 0 Å². The van der Waals surface area contributed by atoms with Gasteiger partial charge in [0.25, 0.3) is 5.91 Å². The number of hydrogen-bond donors (Lipinski definition) is 2. The van der Waals surface area contributed by atoms with Crippen LogP contribution in [0.4, 0.5) is 0 Å². The number of carbonyl (C=O) groups excluding carboxylic acids is 1. The van der Waals surface area contributed by atoms with Crippen molar-refractivity contribution in [2.75, 3.05) is 25.1 Å². The van der Waals surface area contributed by atoms with Crippen LogP contribution in [0.2, 0.25) is 0 Å². The second kappa shape index (κ2) is 7.08. The van der Waals surface area contributed by atoms with E-state index in [-0.39, 0.29) is 36.1 Å². The van der Waals surface area contributed by atoms with E-state index >= 15 is 0 Å². The van der Waals surface area contributed by atoms with Gasteiger partial charge in [-0.05, 0) is 6.42 Å². The van der Waals surface area contributed by atoms with E-state index < -0.39 is 21.7 Å². The Balaban J connectivity index is 2.64. The highest BCUT2D eigenvalue weighted by Crippen LogP contribution is 2.17. The fourth-order valence-electron chi connectivity index (χ4n) is 1.92. The highest BCUT2D eigenvalue weighted by Gasteiger charge is 2.30. The third kappa shape index (κ3) is 5.43. The van der Waals surface area contributed by atoms with Crippen molar-refractivity contribution in [1.82, 2.24) is 10.2 Å². The minimum Gasteiger partial charge on any atom is -0.481 e. The largest absolute Gasteiger partial charge is 0.481 e. The van der Waals surface area contributed by atoms with Gasteiger partial charge in [-0.3, -0.25) is 9.59 Å². The topological polar surface area (TPSA) is 128 Å². The quantitative estimate of drug-likeness (QED) is 0.480. The minimum absolute atomic E-state index is 0.000653. The average Bonchev–Trinajstić information content (AvgIpc) is 2.75. The molecule has 1 heterocycles. The van der Waals surface area contributed by atoms with Gasteiger partial charge in [0, 0.05) is 25.8 Å². The summed E-state index contributed by atoms with van der Waals surface area (Å²) < 4.78 is 22.8. The van der Waals surface area contributed by atoms with Crippen LogP contribution in [0.25, 0.3) is 0 Å². The molecule has 1 saturated heterocycles. The molecule has 0 bridgehead atoms. The molecule has 0 radical (unpaired) electrons. The van der Waals surface area contributed by atoms with E-state index in [0.717, 1.165) is 0 Å². The zero-order valence-electron chi connectivity index (χ0n) is 11.6. The van der Waals surface area contributed by atoms with Gasteiger partial charge < -0.3 is 15.3 Å². The monoisotopic (exact) mass is 315 g/mol. The molecule has 0 spiro atoms. The molecule has 8 nitrogen and oxygen atoms in total. The van der Waals surface area contributed by atoms with Crippen LogP contribution in [-0.2, 0) is 19.4 Å². The van der Waals surface area contributed by atoms with Crippen LogP contribution in [0.1, 0.15) is 12.8 Å². The summed E-state index contributed by atoms with van der Waals surface area (Å²) in [7, 11) is -1.44. The summed E-state index contributed by atoms with van der Waals surface area (Å²) in [6.45, 7) is -0.0747. The second-order valence-electron chi connectivity index (χ2n) is 4.78. The third-order valence-corrected chi connectivity index (χ3v) is 4.86. The van der Waals surface area contributed by atoms with Crippen molar-refractivity contribution in [3.8, 4) is 6.07 Å². The van der Waals surface area contributed by atoms with E-state index in [9.17, 15) is 18.0 Å². The van der Waals surface area contributed by atoms with Crippen LogP contribution in [0.15, 0.2) is 11.8 Å². The first kappa shape index (κ1) is 17.0. The van der Waals surface area contributed by atoms with Crippen molar-refractivity contribution in [2.24, 2.45) is 0 Å². The van der Waals surface area contributed by atoms with Crippen molar-refractivity contribution in [3.63, 3.8) is 0 Å². The maximum absolute atomic E-state index is 11.7. The molecule has 1 aliphatic heterocycles. The predicted molar refractivity (Wildman–Crippen MR) is 73.8 cm³/mol. The summed E-state index contributed by atoms with van der Waals surface area (Å²) in [6, 6.07) is 1.47. The van der Waals surface area contributed by atoms with Gasteiger partial charge in [-0.2, -0.15) is 5.26 Å². The van der Waals surface area contributed by atoms with Crippen molar-refractivity contribution < 1.29 is 23.1 Å². The number of nitrogens with one attached hydrogen (secondary N) is 1. The zero-order chi connectivity index (χ0) is 16.0. The van der Waals surface area contributed by atoms with Crippen molar-refractivity contribution in [2.45, 2.75) is 18.9 Å². The summed E-state index contributed by atoms with van der Waals surface area (Å²) in [5.74, 6) is -1.63. The molecule has 2 N–H and O–H groups in total. The Morgan fingerprint density at radius 2 is 2.19 bits per heavy atom. The Labute approximate surface area is 123 Å². The first-order chi connectivity index (χ1) is 9.75. The van der Waals surface area contributed by atoms with E-state index in [0.29, 0.717) is 6.42 Å². The lowest BCUT2D eigenvalue weighted by Gasteiger charge is -2.21. The summed E-state index contributed by atoms with van der Waals surface area (Å²) in [6.07, 6.45) is 1.51.